The minimum atomic E-state index is 0.707. The first kappa shape index (κ1) is 4.80. The average Bonchev–Trinajstić information content (AvgIpc) is 2.52. The SMILES string of the molecule is C1COCC2(C1)CC2. The maximum Gasteiger partial charge on any atom is 0.0522 e. The van der Waals surface area contributed by atoms with Gasteiger partial charge in [0.15, 0.2) is 0 Å². The summed E-state index contributed by atoms with van der Waals surface area (Å²) < 4.78 is 5.35. The van der Waals surface area contributed by atoms with Crippen molar-refractivity contribution >= 4 is 0 Å². The van der Waals surface area contributed by atoms with E-state index in [4.69, 9.17) is 4.74 Å². The molecule has 1 saturated heterocycles. The van der Waals surface area contributed by atoms with Crippen LogP contribution in [0.1, 0.15) is 25.7 Å². The highest BCUT2D eigenvalue weighted by Gasteiger charge is 2.43. The van der Waals surface area contributed by atoms with Gasteiger partial charge in [-0.25, -0.2) is 0 Å². The van der Waals surface area contributed by atoms with Crippen LogP contribution in [-0.2, 0) is 4.74 Å². The Morgan fingerprint density at radius 1 is 1.12 bits per heavy atom. The second kappa shape index (κ2) is 1.47. The summed E-state index contributed by atoms with van der Waals surface area (Å²) in [5.41, 5.74) is 0.707. The van der Waals surface area contributed by atoms with Crippen molar-refractivity contribution in [1.29, 1.82) is 0 Å². The first-order valence-corrected chi connectivity index (χ1v) is 3.49. The van der Waals surface area contributed by atoms with Crippen molar-refractivity contribution in [3.05, 3.63) is 0 Å². The Hall–Kier alpha value is -0.0400. The van der Waals surface area contributed by atoms with Gasteiger partial charge in [0.25, 0.3) is 0 Å². The Kier molecular flexibility index (Phi) is 0.884. The molecule has 46 valence electrons. The molecule has 1 nitrogen and oxygen atoms in total. The maximum absolute atomic E-state index is 5.35. The lowest BCUT2D eigenvalue weighted by Gasteiger charge is -2.20. The Labute approximate surface area is 50.0 Å². The molecule has 0 unspecified atom stereocenters. The second-order valence-electron chi connectivity index (χ2n) is 3.16. The van der Waals surface area contributed by atoms with Gasteiger partial charge in [0, 0.05) is 6.61 Å². The van der Waals surface area contributed by atoms with Gasteiger partial charge in [0.1, 0.15) is 0 Å². The molecule has 0 aromatic heterocycles. The van der Waals surface area contributed by atoms with Crippen LogP contribution < -0.4 is 0 Å². The topological polar surface area (TPSA) is 9.23 Å². The molecule has 2 fully saturated rings. The van der Waals surface area contributed by atoms with Crippen LogP contribution in [0.4, 0.5) is 0 Å². The third-order valence-electron chi connectivity index (χ3n) is 2.36. The first-order valence-electron chi connectivity index (χ1n) is 3.49. The van der Waals surface area contributed by atoms with Gasteiger partial charge in [-0.3, -0.25) is 0 Å². The molecule has 0 N–H and O–H groups in total. The number of hydrogen-bond acceptors (Lipinski definition) is 1. The van der Waals surface area contributed by atoms with E-state index in [9.17, 15) is 0 Å². The molecule has 0 bridgehead atoms. The van der Waals surface area contributed by atoms with Crippen molar-refractivity contribution in [3.63, 3.8) is 0 Å². The van der Waals surface area contributed by atoms with E-state index < -0.39 is 0 Å². The Bertz CT molecular complexity index is 86.6. The highest BCUT2D eigenvalue weighted by molar-refractivity contribution is 4.94. The van der Waals surface area contributed by atoms with E-state index in [0.717, 1.165) is 13.2 Å². The molecule has 2 rings (SSSR count). The molecular formula is C7H12O. The molecule has 1 saturated carbocycles. The van der Waals surface area contributed by atoms with Crippen molar-refractivity contribution in [2.45, 2.75) is 25.7 Å². The quantitative estimate of drug-likeness (QED) is 0.462. The predicted octanol–water partition coefficient (Wildman–Crippen LogP) is 1.58. The molecular weight excluding hydrogens is 100 g/mol. The molecule has 0 radical (unpaired) electrons. The molecule has 1 aliphatic carbocycles. The summed E-state index contributed by atoms with van der Waals surface area (Å²) in [7, 11) is 0. The largest absolute Gasteiger partial charge is 0.381 e. The van der Waals surface area contributed by atoms with E-state index in [1.54, 1.807) is 0 Å². The highest BCUT2D eigenvalue weighted by Crippen LogP contribution is 2.51. The Morgan fingerprint density at radius 3 is 2.38 bits per heavy atom. The van der Waals surface area contributed by atoms with Crippen LogP contribution in [0.15, 0.2) is 0 Å². The van der Waals surface area contributed by atoms with Crippen molar-refractivity contribution in [2.75, 3.05) is 13.2 Å². The fourth-order valence-electron chi connectivity index (χ4n) is 1.48. The predicted molar refractivity (Wildman–Crippen MR) is 31.7 cm³/mol. The lowest BCUT2D eigenvalue weighted by atomic mass is 10.00. The zero-order valence-electron chi connectivity index (χ0n) is 5.15. The fourth-order valence-corrected chi connectivity index (χ4v) is 1.48. The molecule has 0 amide bonds. The molecule has 0 atom stereocenters. The summed E-state index contributed by atoms with van der Waals surface area (Å²) in [4.78, 5) is 0. The van der Waals surface area contributed by atoms with Gasteiger partial charge in [-0.2, -0.15) is 0 Å². The molecule has 1 heteroatoms. The molecule has 2 aliphatic rings. The molecule has 0 aromatic carbocycles. The summed E-state index contributed by atoms with van der Waals surface area (Å²) >= 11 is 0. The van der Waals surface area contributed by atoms with E-state index in [1.807, 2.05) is 0 Å². The van der Waals surface area contributed by atoms with Gasteiger partial charge in [0.2, 0.25) is 0 Å². The summed E-state index contributed by atoms with van der Waals surface area (Å²) in [6.07, 6.45) is 5.62. The van der Waals surface area contributed by atoms with Crippen LogP contribution in [0.3, 0.4) is 0 Å². The molecule has 1 spiro atoms. The Balaban J connectivity index is 1.95. The summed E-state index contributed by atoms with van der Waals surface area (Å²) in [6, 6.07) is 0. The van der Waals surface area contributed by atoms with Gasteiger partial charge < -0.3 is 4.74 Å². The lowest BCUT2D eigenvalue weighted by molar-refractivity contribution is 0.0436. The zero-order chi connectivity index (χ0) is 5.45. The van der Waals surface area contributed by atoms with Crippen molar-refractivity contribution in [3.8, 4) is 0 Å². The molecule has 1 aliphatic heterocycles. The van der Waals surface area contributed by atoms with Gasteiger partial charge in [-0.05, 0) is 31.1 Å². The zero-order valence-corrected chi connectivity index (χ0v) is 5.15. The highest BCUT2D eigenvalue weighted by atomic mass is 16.5. The fraction of sp³-hybridized carbons (Fsp3) is 1.00. The van der Waals surface area contributed by atoms with Crippen molar-refractivity contribution in [2.24, 2.45) is 5.41 Å². The summed E-state index contributed by atoms with van der Waals surface area (Å²) in [5, 5.41) is 0. The number of ether oxygens (including phenoxy) is 1. The van der Waals surface area contributed by atoms with Gasteiger partial charge in [0.05, 0.1) is 6.61 Å². The van der Waals surface area contributed by atoms with Gasteiger partial charge in [-0.1, -0.05) is 0 Å². The van der Waals surface area contributed by atoms with Crippen molar-refractivity contribution < 1.29 is 4.74 Å². The van der Waals surface area contributed by atoms with E-state index in [0.29, 0.717) is 5.41 Å². The van der Waals surface area contributed by atoms with Crippen LogP contribution in [0.25, 0.3) is 0 Å². The standard InChI is InChI=1S/C7H12O/c1-2-7(3-4-7)6-8-5-1/h1-6H2. The third kappa shape index (κ3) is 0.655. The minimum Gasteiger partial charge on any atom is -0.381 e. The third-order valence-corrected chi connectivity index (χ3v) is 2.36. The van der Waals surface area contributed by atoms with Crippen LogP contribution in [0.5, 0.6) is 0 Å². The van der Waals surface area contributed by atoms with E-state index in [1.165, 1.54) is 25.7 Å². The van der Waals surface area contributed by atoms with Crippen LogP contribution in [0, 0.1) is 5.41 Å². The number of hydrogen-bond donors (Lipinski definition) is 0. The summed E-state index contributed by atoms with van der Waals surface area (Å²) in [5.74, 6) is 0. The van der Waals surface area contributed by atoms with Crippen LogP contribution in [-0.4, -0.2) is 13.2 Å². The lowest BCUT2D eigenvalue weighted by Crippen LogP contribution is -2.17. The minimum absolute atomic E-state index is 0.707. The smallest absolute Gasteiger partial charge is 0.0522 e. The number of rotatable bonds is 0. The molecule has 1 heterocycles. The maximum atomic E-state index is 5.35. The monoisotopic (exact) mass is 112 g/mol. The van der Waals surface area contributed by atoms with Gasteiger partial charge in [-0.15, -0.1) is 0 Å². The summed E-state index contributed by atoms with van der Waals surface area (Å²) in [6.45, 7) is 2.08. The second-order valence-corrected chi connectivity index (χ2v) is 3.16. The average molecular weight is 112 g/mol. The molecule has 8 heavy (non-hydrogen) atoms. The molecule has 0 aromatic rings. The van der Waals surface area contributed by atoms with E-state index in [2.05, 4.69) is 0 Å². The van der Waals surface area contributed by atoms with E-state index in [-0.39, 0.29) is 0 Å². The van der Waals surface area contributed by atoms with Crippen LogP contribution >= 0.6 is 0 Å². The first-order chi connectivity index (χ1) is 3.91. The Morgan fingerprint density at radius 2 is 2.00 bits per heavy atom. The van der Waals surface area contributed by atoms with Crippen LogP contribution in [0.2, 0.25) is 0 Å². The normalized spacial score (nSPS) is 33.0. The van der Waals surface area contributed by atoms with Crippen molar-refractivity contribution in [1.82, 2.24) is 0 Å². The van der Waals surface area contributed by atoms with Gasteiger partial charge >= 0.3 is 0 Å². The van der Waals surface area contributed by atoms with E-state index >= 15 is 0 Å².